The van der Waals surface area contributed by atoms with E-state index in [4.69, 9.17) is 21.7 Å². The monoisotopic (exact) mass is 391 g/mol. The Bertz CT molecular complexity index is 1220. The third-order valence-electron chi connectivity index (χ3n) is 5.33. The standard InChI is InChI=1S/C21H18ClN5O/c1-12-19-15(13-7-9-14(22)10-8-13)11-18(28)24-20(19)27(25-12)21-23-16-5-3-4-6-17(16)26(21)2/h3-10,15H,11H2,1-2H3,(H,24,28). The van der Waals surface area contributed by atoms with Crippen LogP contribution in [-0.2, 0) is 11.8 Å². The average molecular weight is 392 g/mol. The van der Waals surface area contributed by atoms with Crippen LogP contribution in [0, 0.1) is 6.92 Å². The number of aromatic nitrogens is 4. The van der Waals surface area contributed by atoms with Gasteiger partial charge in [-0.05, 0) is 36.8 Å². The topological polar surface area (TPSA) is 64.7 Å². The van der Waals surface area contributed by atoms with Crippen molar-refractivity contribution in [3.05, 3.63) is 70.4 Å². The SMILES string of the molecule is Cc1nn(-c2nc3ccccc3n2C)c2c1C(c1ccc(Cl)cc1)CC(=O)N2. The molecule has 1 N–H and O–H groups in total. The van der Waals surface area contributed by atoms with Crippen molar-refractivity contribution in [3.63, 3.8) is 0 Å². The molecule has 1 aliphatic rings. The van der Waals surface area contributed by atoms with E-state index in [1.807, 2.05) is 67.1 Å². The lowest BCUT2D eigenvalue weighted by atomic mass is 9.86. The van der Waals surface area contributed by atoms with Gasteiger partial charge in [0.05, 0.1) is 16.7 Å². The molecule has 0 saturated heterocycles. The molecule has 0 spiro atoms. The fourth-order valence-corrected chi connectivity index (χ4v) is 4.12. The minimum Gasteiger partial charge on any atom is -0.311 e. The van der Waals surface area contributed by atoms with Gasteiger partial charge in [-0.2, -0.15) is 9.78 Å². The molecule has 1 aliphatic heterocycles. The molecule has 2 aromatic carbocycles. The summed E-state index contributed by atoms with van der Waals surface area (Å²) in [7, 11) is 1.95. The van der Waals surface area contributed by atoms with Gasteiger partial charge in [0, 0.05) is 30.0 Å². The zero-order valence-corrected chi connectivity index (χ0v) is 16.2. The third kappa shape index (κ3) is 2.52. The maximum Gasteiger partial charge on any atom is 0.233 e. The number of carbonyl (C=O) groups excluding carboxylic acids is 1. The first-order valence-corrected chi connectivity index (χ1v) is 9.47. The Morgan fingerprint density at radius 3 is 2.64 bits per heavy atom. The molecule has 4 aromatic rings. The molecule has 1 amide bonds. The number of halogens is 1. The zero-order valence-electron chi connectivity index (χ0n) is 15.5. The highest BCUT2D eigenvalue weighted by Gasteiger charge is 2.33. The Hall–Kier alpha value is -3.12. The molecule has 1 unspecified atom stereocenters. The molecule has 0 aliphatic carbocycles. The summed E-state index contributed by atoms with van der Waals surface area (Å²) >= 11 is 6.04. The average Bonchev–Trinajstić information content (AvgIpc) is 3.19. The highest BCUT2D eigenvalue weighted by molar-refractivity contribution is 6.30. The lowest BCUT2D eigenvalue weighted by Crippen LogP contribution is -2.25. The molecule has 0 bridgehead atoms. The maximum atomic E-state index is 12.5. The number of nitrogens with one attached hydrogen (secondary N) is 1. The van der Waals surface area contributed by atoms with Crippen LogP contribution in [0.1, 0.15) is 29.2 Å². The fraction of sp³-hybridized carbons (Fsp3) is 0.190. The van der Waals surface area contributed by atoms with Crippen LogP contribution in [0.2, 0.25) is 5.02 Å². The van der Waals surface area contributed by atoms with Gasteiger partial charge in [-0.15, -0.1) is 0 Å². The van der Waals surface area contributed by atoms with Crippen molar-refractivity contribution in [2.45, 2.75) is 19.3 Å². The van der Waals surface area contributed by atoms with Crippen LogP contribution < -0.4 is 5.32 Å². The quantitative estimate of drug-likeness (QED) is 0.557. The van der Waals surface area contributed by atoms with E-state index in [0.29, 0.717) is 23.2 Å². The number of hydrogen-bond acceptors (Lipinski definition) is 3. The van der Waals surface area contributed by atoms with E-state index in [2.05, 4.69) is 5.32 Å². The van der Waals surface area contributed by atoms with Crippen LogP contribution in [-0.4, -0.2) is 25.2 Å². The summed E-state index contributed by atoms with van der Waals surface area (Å²) in [5, 5.41) is 8.43. The number of aryl methyl sites for hydroxylation is 2. The van der Waals surface area contributed by atoms with Gasteiger partial charge in [-0.1, -0.05) is 35.9 Å². The van der Waals surface area contributed by atoms with E-state index in [1.54, 1.807) is 4.68 Å². The molecule has 0 saturated carbocycles. The summed E-state index contributed by atoms with van der Waals surface area (Å²) in [5.74, 6) is 1.26. The highest BCUT2D eigenvalue weighted by Crippen LogP contribution is 2.40. The number of nitrogens with zero attached hydrogens (tertiary/aromatic N) is 4. The first-order chi connectivity index (χ1) is 13.5. The predicted molar refractivity (Wildman–Crippen MR) is 109 cm³/mol. The zero-order chi connectivity index (χ0) is 19.4. The lowest BCUT2D eigenvalue weighted by molar-refractivity contribution is -0.116. The van der Waals surface area contributed by atoms with Gasteiger partial charge in [0.1, 0.15) is 5.82 Å². The molecule has 3 heterocycles. The summed E-state index contributed by atoms with van der Waals surface area (Å²) in [5.41, 5.74) is 4.85. The minimum atomic E-state index is -0.0653. The molecule has 6 nitrogen and oxygen atoms in total. The summed E-state index contributed by atoms with van der Waals surface area (Å²) in [6, 6.07) is 15.6. The number of rotatable bonds is 2. The lowest BCUT2D eigenvalue weighted by Gasteiger charge is -2.24. The Kier molecular flexibility index (Phi) is 3.77. The second-order valence-electron chi connectivity index (χ2n) is 7.08. The van der Waals surface area contributed by atoms with Crippen molar-refractivity contribution in [1.29, 1.82) is 0 Å². The first-order valence-electron chi connectivity index (χ1n) is 9.09. The van der Waals surface area contributed by atoms with Crippen LogP contribution in [0.25, 0.3) is 17.0 Å². The van der Waals surface area contributed by atoms with Crippen LogP contribution in [0.5, 0.6) is 0 Å². The van der Waals surface area contributed by atoms with Crippen molar-refractivity contribution in [1.82, 2.24) is 19.3 Å². The van der Waals surface area contributed by atoms with Gasteiger partial charge in [-0.25, -0.2) is 4.98 Å². The van der Waals surface area contributed by atoms with Gasteiger partial charge in [-0.3, -0.25) is 4.79 Å². The molecule has 1 atom stereocenters. The van der Waals surface area contributed by atoms with E-state index in [0.717, 1.165) is 27.9 Å². The number of fused-ring (bicyclic) bond motifs is 2. The fourth-order valence-electron chi connectivity index (χ4n) is 3.99. The van der Waals surface area contributed by atoms with Crippen molar-refractivity contribution in [3.8, 4) is 5.95 Å². The molecule has 0 radical (unpaired) electrons. The number of anilines is 1. The largest absolute Gasteiger partial charge is 0.311 e. The predicted octanol–water partition coefficient (Wildman–Crippen LogP) is 4.19. The molecule has 0 fully saturated rings. The summed E-state index contributed by atoms with van der Waals surface area (Å²) in [4.78, 5) is 17.3. The van der Waals surface area contributed by atoms with Crippen LogP contribution in [0.15, 0.2) is 48.5 Å². The molecule has 28 heavy (non-hydrogen) atoms. The van der Waals surface area contributed by atoms with E-state index in [9.17, 15) is 4.79 Å². The Labute approximate surface area is 166 Å². The summed E-state index contributed by atoms with van der Waals surface area (Å²) < 4.78 is 3.73. The van der Waals surface area contributed by atoms with Crippen molar-refractivity contribution in [2.75, 3.05) is 5.32 Å². The molecule has 140 valence electrons. The summed E-state index contributed by atoms with van der Waals surface area (Å²) in [6.45, 7) is 1.97. The van der Waals surface area contributed by atoms with E-state index < -0.39 is 0 Å². The Balaban J connectivity index is 1.71. The van der Waals surface area contributed by atoms with Crippen LogP contribution in [0.3, 0.4) is 0 Å². The number of para-hydroxylation sites is 2. The molecule has 5 rings (SSSR count). The van der Waals surface area contributed by atoms with Crippen LogP contribution >= 0.6 is 11.6 Å². The first kappa shape index (κ1) is 17.0. The normalized spacial score (nSPS) is 16.2. The van der Waals surface area contributed by atoms with Crippen LogP contribution in [0.4, 0.5) is 5.82 Å². The van der Waals surface area contributed by atoms with Crippen molar-refractivity contribution < 1.29 is 4.79 Å². The van der Waals surface area contributed by atoms with Gasteiger partial charge in [0.15, 0.2) is 0 Å². The Morgan fingerprint density at radius 1 is 1.14 bits per heavy atom. The van der Waals surface area contributed by atoms with E-state index >= 15 is 0 Å². The van der Waals surface area contributed by atoms with Gasteiger partial charge in [0.2, 0.25) is 11.9 Å². The van der Waals surface area contributed by atoms with Gasteiger partial charge >= 0.3 is 0 Å². The highest BCUT2D eigenvalue weighted by atomic mass is 35.5. The smallest absolute Gasteiger partial charge is 0.233 e. The molecule has 7 heteroatoms. The number of benzene rings is 2. The van der Waals surface area contributed by atoms with Gasteiger partial charge < -0.3 is 9.88 Å². The Morgan fingerprint density at radius 2 is 1.89 bits per heavy atom. The molecule has 2 aromatic heterocycles. The molecular weight excluding hydrogens is 374 g/mol. The maximum absolute atomic E-state index is 12.5. The van der Waals surface area contributed by atoms with E-state index in [1.165, 1.54) is 0 Å². The second kappa shape index (κ2) is 6.21. The minimum absolute atomic E-state index is 0.0348. The second-order valence-corrected chi connectivity index (χ2v) is 7.51. The number of carbonyl (C=O) groups is 1. The number of imidazole rings is 1. The van der Waals surface area contributed by atoms with Crippen molar-refractivity contribution >= 4 is 34.4 Å². The van der Waals surface area contributed by atoms with Gasteiger partial charge in [0.25, 0.3) is 0 Å². The third-order valence-corrected chi connectivity index (χ3v) is 5.58. The van der Waals surface area contributed by atoms with E-state index in [-0.39, 0.29) is 11.8 Å². The number of hydrogen-bond donors (Lipinski definition) is 1. The number of amides is 1. The summed E-state index contributed by atoms with van der Waals surface area (Å²) in [6.07, 6.45) is 0.379. The molecular formula is C21H18ClN5O. The van der Waals surface area contributed by atoms with Crippen molar-refractivity contribution in [2.24, 2.45) is 7.05 Å².